The van der Waals surface area contributed by atoms with Crippen LogP contribution in [0.2, 0.25) is 0 Å². The number of hydrogen-bond acceptors (Lipinski definition) is 0. The lowest BCUT2D eigenvalue weighted by Gasteiger charge is -1.94. The largest absolute Gasteiger partial charge is 0.148 e. The zero-order valence-corrected chi connectivity index (χ0v) is 10.2. The van der Waals surface area contributed by atoms with Gasteiger partial charge in [-0.25, -0.2) is 0 Å². The van der Waals surface area contributed by atoms with Crippen molar-refractivity contribution in [2.45, 2.75) is 6.42 Å². The fraction of sp³-hybridized carbons (Fsp3) is 0.0556. The Morgan fingerprint density at radius 3 is 2.61 bits per heavy atom. The molecule has 0 N–H and O–H groups in total. The molecular weight excluding hydrogens is 216 g/mol. The summed E-state index contributed by atoms with van der Waals surface area (Å²) in [6.45, 7) is 0. The van der Waals surface area contributed by atoms with Crippen LogP contribution in [0.1, 0.15) is 11.1 Å². The summed E-state index contributed by atoms with van der Waals surface area (Å²) in [7, 11) is 0. The van der Waals surface area contributed by atoms with E-state index in [-0.39, 0.29) is 0 Å². The highest BCUT2D eigenvalue weighted by molar-refractivity contribution is 5.85. The Kier molecular flexibility index (Phi) is 3.01. The maximum atomic E-state index is 2.27. The number of rotatable bonds is 3. The van der Waals surface area contributed by atoms with Crippen LogP contribution in [-0.2, 0) is 6.42 Å². The second-order valence-electron chi connectivity index (χ2n) is 4.51. The summed E-state index contributed by atoms with van der Waals surface area (Å²) in [6, 6.07) is 23.5. The molecule has 0 unspecified atom stereocenters. The lowest BCUT2D eigenvalue weighted by atomic mass is 10.1. The van der Waals surface area contributed by atoms with E-state index in [1.165, 1.54) is 21.9 Å². The van der Waals surface area contributed by atoms with Crippen molar-refractivity contribution in [3.8, 4) is 0 Å². The zero-order valence-electron chi connectivity index (χ0n) is 10.2. The summed E-state index contributed by atoms with van der Waals surface area (Å²) < 4.78 is 0. The molecule has 0 bridgehead atoms. The molecule has 3 aromatic carbocycles. The molecule has 0 aliphatic carbocycles. The first-order valence-corrected chi connectivity index (χ1v) is 6.28. The maximum Gasteiger partial charge on any atom is -0.0260 e. The van der Waals surface area contributed by atoms with E-state index >= 15 is 0 Å². The number of fused-ring (bicyclic) bond motifs is 1. The summed E-state index contributed by atoms with van der Waals surface area (Å²) in [6.07, 6.45) is 5.39. The molecule has 0 saturated heterocycles. The standard InChI is InChI=1S/C18H15/c1-2-7-15(8-3-1)9-6-10-16-13-17-11-4-5-12-18(17)14-16/h1-9,11-14H,10H2/q-1. The van der Waals surface area contributed by atoms with Gasteiger partial charge < -0.3 is 0 Å². The predicted octanol–water partition coefficient (Wildman–Crippen LogP) is 4.81. The summed E-state index contributed by atoms with van der Waals surface area (Å²) in [5.74, 6) is 0. The summed E-state index contributed by atoms with van der Waals surface area (Å²) in [4.78, 5) is 0. The second kappa shape index (κ2) is 4.97. The normalized spacial score (nSPS) is 11.3. The van der Waals surface area contributed by atoms with Gasteiger partial charge in [-0.3, -0.25) is 0 Å². The van der Waals surface area contributed by atoms with Gasteiger partial charge >= 0.3 is 0 Å². The van der Waals surface area contributed by atoms with Crippen LogP contribution in [0.3, 0.4) is 0 Å². The van der Waals surface area contributed by atoms with Crippen molar-refractivity contribution in [1.29, 1.82) is 0 Å². The topological polar surface area (TPSA) is 0 Å². The van der Waals surface area contributed by atoms with Gasteiger partial charge in [-0.05, 0) is 12.0 Å². The highest BCUT2D eigenvalue weighted by atomic mass is 14.0. The van der Waals surface area contributed by atoms with Gasteiger partial charge in [0, 0.05) is 0 Å². The molecular formula is C18H15-. The van der Waals surface area contributed by atoms with E-state index in [2.05, 4.69) is 72.8 Å². The van der Waals surface area contributed by atoms with Crippen molar-refractivity contribution < 1.29 is 0 Å². The molecule has 0 aliphatic rings. The molecule has 18 heavy (non-hydrogen) atoms. The fourth-order valence-corrected chi connectivity index (χ4v) is 2.23. The molecule has 0 atom stereocenters. The molecule has 0 heterocycles. The molecule has 0 radical (unpaired) electrons. The molecule has 0 nitrogen and oxygen atoms in total. The fourth-order valence-electron chi connectivity index (χ4n) is 2.23. The molecule has 0 heteroatoms. The van der Waals surface area contributed by atoms with Crippen LogP contribution in [0.25, 0.3) is 16.8 Å². The first kappa shape index (κ1) is 10.9. The van der Waals surface area contributed by atoms with E-state index in [9.17, 15) is 0 Å². The molecule has 0 fully saturated rings. The second-order valence-corrected chi connectivity index (χ2v) is 4.51. The third-order valence-electron chi connectivity index (χ3n) is 3.14. The Morgan fingerprint density at radius 2 is 1.78 bits per heavy atom. The maximum absolute atomic E-state index is 2.27. The highest BCUT2D eigenvalue weighted by Crippen LogP contribution is 2.19. The lowest BCUT2D eigenvalue weighted by Crippen LogP contribution is -1.74. The van der Waals surface area contributed by atoms with Crippen LogP contribution >= 0.6 is 0 Å². The molecule has 0 saturated carbocycles. The number of allylic oxidation sites excluding steroid dienone is 1. The van der Waals surface area contributed by atoms with Crippen LogP contribution in [0.4, 0.5) is 0 Å². The van der Waals surface area contributed by atoms with E-state index in [0.717, 1.165) is 6.42 Å². The third kappa shape index (κ3) is 2.38. The summed E-state index contributed by atoms with van der Waals surface area (Å²) >= 11 is 0. The molecule has 0 aromatic heterocycles. The van der Waals surface area contributed by atoms with E-state index in [4.69, 9.17) is 0 Å². The minimum absolute atomic E-state index is 0.990. The molecule has 0 spiro atoms. The molecule has 88 valence electrons. The van der Waals surface area contributed by atoms with Crippen molar-refractivity contribution in [2.75, 3.05) is 0 Å². The van der Waals surface area contributed by atoms with E-state index in [1.54, 1.807) is 0 Å². The van der Waals surface area contributed by atoms with Crippen LogP contribution in [0, 0.1) is 0 Å². The van der Waals surface area contributed by atoms with Gasteiger partial charge in [-0.2, -0.15) is 0 Å². The van der Waals surface area contributed by atoms with Crippen molar-refractivity contribution in [3.05, 3.63) is 83.9 Å². The molecule has 3 rings (SSSR count). The lowest BCUT2D eigenvalue weighted by molar-refractivity contribution is 1.31. The van der Waals surface area contributed by atoms with Gasteiger partial charge in [0.1, 0.15) is 0 Å². The Hall–Kier alpha value is -2.21. The minimum Gasteiger partial charge on any atom is -0.148 e. The summed E-state index contributed by atoms with van der Waals surface area (Å²) in [5, 5.41) is 2.67. The smallest absolute Gasteiger partial charge is 0.0260 e. The first-order valence-electron chi connectivity index (χ1n) is 6.28. The van der Waals surface area contributed by atoms with Crippen LogP contribution in [-0.4, -0.2) is 0 Å². The van der Waals surface area contributed by atoms with Gasteiger partial charge in [0.15, 0.2) is 0 Å². The monoisotopic (exact) mass is 231 g/mol. The van der Waals surface area contributed by atoms with Crippen molar-refractivity contribution >= 4 is 16.8 Å². The SMILES string of the molecule is C(=Cc1ccccc1)Cc1cc2cccc[c-]2c1. The van der Waals surface area contributed by atoms with Gasteiger partial charge in [-0.15, -0.1) is 47.3 Å². The van der Waals surface area contributed by atoms with E-state index < -0.39 is 0 Å². The highest BCUT2D eigenvalue weighted by Gasteiger charge is 1.90. The molecule has 0 amide bonds. The summed E-state index contributed by atoms with van der Waals surface area (Å²) in [5.41, 5.74) is 2.64. The quantitative estimate of drug-likeness (QED) is 0.567. The minimum atomic E-state index is 0.990. The predicted molar refractivity (Wildman–Crippen MR) is 78.7 cm³/mol. The van der Waals surface area contributed by atoms with Gasteiger partial charge in [-0.1, -0.05) is 47.9 Å². The zero-order chi connectivity index (χ0) is 12.2. The Balaban J connectivity index is 1.75. The van der Waals surface area contributed by atoms with Gasteiger partial charge in [0.05, 0.1) is 0 Å². The van der Waals surface area contributed by atoms with Crippen molar-refractivity contribution in [2.24, 2.45) is 0 Å². The van der Waals surface area contributed by atoms with E-state index in [1.807, 2.05) is 6.07 Å². The van der Waals surface area contributed by atoms with Gasteiger partial charge in [0.2, 0.25) is 0 Å². The van der Waals surface area contributed by atoms with Crippen LogP contribution < -0.4 is 0 Å². The molecule has 0 aliphatic heterocycles. The third-order valence-corrected chi connectivity index (χ3v) is 3.14. The first-order chi connectivity index (χ1) is 8.92. The molecule has 3 aromatic rings. The van der Waals surface area contributed by atoms with Crippen molar-refractivity contribution in [1.82, 2.24) is 0 Å². The number of benzene rings is 2. The van der Waals surface area contributed by atoms with E-state index in [0.29, 0.717) is 0 Å². The van der Waals surface area contributed by atoms with Gasteiger partial charge in [0.25, 0.3) is 0 Å². The van der Waals surface area contributed by atoms with Crippen LogP contribution in [0.5, 0.6) is 0 Å². The Morgan fingerprint density at radius 1 is 0.944 bits per heavy atom. The Labute approximate surface area is 108 Å². The number of hydrogen-bond donors (Lipinski definition) is 0. The Bertz CT molecular complexity index is 624. The van der Waals surface area contributed by atoms with Crippen molar-refractivity contribution in [3.63, 3.8) is 0 Å². The average molecular weight is 231 g/mol. The average Bonchev–Trinajstić information content (AvgIpc) is 2.82. The van der Waals surface area contributed by atoms with Crippen LogP contribution in [0.15, 0.2) is 72.8 Å².